The highest BCUT2D eigenvalue weighted by Gasteiger charge is 2.22. The van der Waals surface area contributed by atoms with Crippen molar-refractivity contribution in [2.45, 2.75) is 24.8 Å². The predicted octanol–water partition coefficient (Wildman–Crippen LogP) is 2.63. The molecular formula is C17H17ClN2O5S. The van der Waals surface area contributed by atoms with Crippen LogP contribution in [0, 0.1) is 6.92 Å². The van der Waals surface area contributed by atoms with Gasteiger partial charge < -0.3 is 10.1 Å². The number of esters is 1. The molecule has 9 heteroatoms. The average molecular weight is 397 g/mol. The zero-order chi connectivity index (χ0) is 19.5. The quantitative estimate of drug-likeness (QED) is 0.779. The minimum Gasteiger partial charge on any atom is -0.449 e. The van der Waals surface area contributed by atoms with Crippen molar-refractivity contribution in [3.05, 3.63) is 52.7 Å². The van der Waals surface area contributed by atoms with E-state index in [1.54, 1.807) is 13.0 Å². The van der Waals surface area contributed by atoms with E-state index in [4.69, 9.17) is 16.3 Å². The number of aromatic nitrogens is 1. The number of aryl methyl sites for hydroxylation is 1. The Labute approximate surface area is 156 Å². The molecule has 26 heavy (non-hydrogen) atoms. The van der Waals surface area contributed by atoms with Crippen LogP contribution >= 0.6 is 11.6 Å². The van der Waals surface area contributed by atoms with Gasteiger partial charge in [0.25, 0.3) is 5.91 Å². The molecule has 2 rings (SSSR count). The Balaban J connectivity index is 2.11. The van der Waals surface area contributed by atoms with Crippen molar-refractivity contribution in [2.24, 2.45) is 0 Å². The average Bonchev–Trinajstić information content (AvgIpc) is 2.56. The van der Waals surface area contributed by atoms with Crippen LogP contribution in [0.2, 0.25) is 5.02 Å². The summed E-state index contributed by atoms with van der Waals surface area (Å²) < 4.78 is 28.4. The summed E-state index contributed by atoms with van der Waals surface area (Å²) in [7, 11) is -3.47. The second-order valence-corrected chi connectivity index (χ2v) is 8.10. The molecule has 1 N–H and O–H groups in total. The lowest BCUT2D eigenvalue weighted by molar-refractivity contribution is -0.123. The molecular weight excluding hydrogens is 380 g/mol. The number of hydrogen-bond acceptors (Lipinski definition) is 6. The molecule has 1 aromatic heterocycles. The number of benzene rings is 1. The minimum atomic E-state index is -3.47. The highest BCUT2D eigenvalue weighted by Crippen LogP contribution is 2.17. The Morgan fingerprint density at radius 3 is 2.50 bits per heavy atom. The summed E-state index contributed by atoms with van der Waals surface area (Å²) in [6.45, 7) is 3.05. The van der Waals surface area contributed by atoms with Crippen LogP contribution in [0.1, 0.15) is 22.8 Å². The molecule has 0 bridgehead atoms. The first-order valence-corrected chi connectivity index (χ1v) is 9.79. The molecule has 1 amide bonds. The summed E-state index contributed by atoms with van der Waals surface area (Å²) in [5, 5.41) is 2.91. The fourth-order valence-corrected chi connectivity index (χ4v) is 2.77. The first kappa shape index (κ1) is 19.9. The van der Waals surface area contributed by atoms with Crippen LogP contribution in [0.4, 0.5) is 5.82 Å². The molecule has 0 aliphatic heterocycles. The van der Waals surface area contributed by atoms with Crippen LogP contribution in [0.15, 0.2) is 41.4 Å². The lowest BCUT2D eigenvalue weighted by atomic mass is 10.1. The highest BCUT2D eigenvalue weighted by molar-refractivity contribution is 7.90. The van der Waals surface area contributed by atoms with Crippen LogP contribution in [-0.4, -0.2) is 37.6 Å². The maximum absolute atomic E-state index is 12.3. The molecule has 1 heterocycles. The number of anilines is 1. The van der Waals surface area contributed by atoms with Gasteiger partial charge >= 0.3 is 5.97 Å². The zero-order valence-electron chi connectivity index (χ0n) is 14.3. The molecule has 0 radical (unpaired) electrons. The third kappa shape index (κ3) is 5.03. The van der Waals surface area contributed by atoms with E-state index < -0.39 is 27.8 Å². The van der Waals surface area contributed by atoms with E-state index in [0.717, 1.165) is 6.26 Å². The molecule has 0 aliphatic rings. The number of ether oxygens (including phenoxy) is 1. The van der Waals surface area contributed by atoms with Gasteiger partial charge in [0.05, 0.1) is 15.5 Å². The van der Waals surface area contributed by atoms with Crippen LogP contribution in [0.3, 0.4) is 0 Å². The smallest absolute Gasteiger partial charge is 0.339 e. The van der Waals surface area contributed by atoms with Gasteiger partial charge in [0, 0.05) is 12.5 Å². The number of hydrogen-bond donors (Lipinski definition) is 1. The van der Waals surface area contributed by atoms with Crippen LogP contribution in [0.5, 0.6) is 0 Å². The largest absolute Gasteiger partial charge is 0.449 e. The highest BCUT2D eigenvalue weighted by atomic mass is 35.5. The van der Waals surface area contributed by atoms with Gasteiger partial charge in [-0.2, -0.15) is 0 Å². The number of nitrogens with zero attached hydrogens (tertiary/aromatic N) is 1. The number of amides is 1. The second kappa shape index (κ2) is 7.84. The van der Waals surface area contributed by atoms with Gasteiger partial charge in [-0.3, -0.25) is 4.79 Å². The first-order chi connectivity index (χ1) is 12.1. The molecule has 0 fully saturated rings. The summed E-state index contributed by atoms with van der Waals surface area (Å²) in [6.07, 6.45) is 1.30. The Kier molecular flexibility index (Phi) is 5.99. The Bertz CT molecular complexity index is 942. The molecule has 7 nitrogen and oxygen atoms in total. The van der Waals surface area contributed by atoms with Crippen LogP contribution in [0.25, 0.3) is 0 Å². The molecule has 0 saturated carbocycles. The number of nitrogens with one attached hydrogen (secondary N) is 1. The van der Waals surface area contributed by atoms with Gasteiger partial charge in [-0.1, -0.05) is 17.7 Å². The standard InChI is InChI=1S/C17H17ClN2O5S/c1-10-4-6-13(26(3,23)24)8-14(10)17(22)25-11(2)16(21)20-15-7-5-12(18)9-19-15/h4-9,11H,1-3H3,(H,19,20,21)/t11-/m0/s1. The maximum Gasteiger partial charge on any atom is 0.339 e. The lowest BCUT2D eigenvalue weighted by Gasteiger charge is -2.14. The van der Waals surface area contributed by atoms with Gasteiger partial charge in [0.1, 0.15) is 5.82 Å². The molecule has 1 atom stereocenters. The molecule has 0 unspecified atom stereocenters. The summed E-state index contributed by atoms with van der Waals surface area (Å²) in [6, 6.07) is 7.22. The van der Waals surface area contributed by atoms with E-state index in [1.165, 1.54) is 37.4 Å². The Morgan fingerprint density at radius 1 is 1.23 bits per heavy atom. The second-order valence-electron chi connectivity index (χ2n) is 5.65. The monoisotopic (exact) mass is 396 g/mol. The van der Waals surface area contributed by atoms with Gasteiger partial charge in [-0.05, 0) is 43.7 Å². The van der Waals surface area contributed by atoms with Crippen molar-refractivity contribution in [3.8, 4) is 0 Å². The number of rotatable bonds is 5. The fraction of sp³-hybridized carbons (Fsp3) is 0.235. The van der Waals surface area contributed by atoms with Gasteiger partial charge in [0.2, 0.25) is 0 Å². The lowest BCUT2D eigenvalue weighted by Crippen LogP contribution is -2.30. The van der Waals surface area contributed by atoms with Crippen molar-refractivity contribution in [1.29, 1.82) is 0 Å². The SMILES string of the molecule is Cc1ccc(S(C)(=O)=O)cc1C(=O)O[C@@H](C)C(=O)Nc1ccc(Cl)cn1. The minimum absolute atomic E-state index is 0.00230. The number of sulfone groups is 1. The molecule has 2 aromatic rings. The molecule has 0 aliphatic carbocycles. The molecule has 0 spiro atoms. The van der Waals surface area contributed by atoms with Crippen molar-refractivity contribution >= 4 is 39.1 Å². The van der Waals surface area contributed by atoms with Crippen LogP contribution in [-0.2, 0) is 19.4 Å². The van der Waals surface area contributed by atoms with E-state index in [9.17, 15) is 18.0 Å². The van der Waals surface area contributed by atoms with Gasteiger partial charge in [-0.25, -0.2) is 18.2 Å². The summed E-state index contributed by atoms with van der Waals surface area (Å²) in [5.41, 5.74) is 0.617. The van der Waals surface area contributed by atoms with Gasteiger partial charge in [0.15, 0.2) is 15.9 Å². The van der Waals surface area contributed by atoms with E-state index in [1.807, 2.05) is 0 Å². The number of halogens is 1. The van der Waals surface area contributed by atoms with Gasteiger partial charge in [-0.15, -0.1) is 0 Å². The van der Waals surface area contributed by atoms with Crippen molar-refractivity contribution in [1.82, 2.24) is 4.98 Å². The topological polar surface area (TPSA) is 102 Å². The summed E-state index contributed by atoms with van der Waals surface area (Å²) in [5.74, 6) is -1.11. The van der Waals surface area contributed by atoms with E-state index >= 15 is 0 Å². The number of pyridine rings is 1. The van der Waals surface area contributed by atoms with Crippen molar-refractivity contribution in [3.63, 3.8) is 0 Å². The normalized spacial score (nSPS) is 12.3. The Hall–Kier alpha value is -2.45. The molecule has 138 valence electrons. The van der Waals surface area contributed by atoms with E-state index in [2.05, 4.69) is 10.3 Å². The van der Waals surface area contributed by atoms with Crippen molar-refractivity contribution in [2.75, 3.05) is 11.6 Å². The van der Waals surface area contributed by atoms with E-state index in [0.29, 0.717) is 10.6 Å². The fourth-order valence-electron chi connectivity index (χ4n) is 2.01. The number of carbonyl (C=O) groups is 2. The maximum atomic E-state index is 12.3. The number of carbonyl (C=O) groups excluding carboxylic acids is 2. The molecule has 0 saturated heterocycles. The van der Waals surface area contributed by atoms with Crippen molar-refractivity contribution < 1.29 is 22.7 Å². The van der Waals surface area contributed by atoms with Crippen LogP contribution < -0.4 is 5.32 Å². The zero-order valence-corrected chi connectivity index (χ0v) is 15.9. The van der Waals surface area contributed by atoms with E-state index in [-0.39, 0.29) is 16.3 Å². The summed E-state index contributed by atoms with van der Waals surface area (Å²) >= 11 is 5.72. The third-order valence-corrected chi connectivity index (χ3v) is 4.82. The third-order valence-electron chi connectivity index (χ3n) is 3.49. The first-order valence-electron chi connectivity index (χ1n) is 7.52. The molecule has 1 aromatic carbocycles. The summed E-state index contributed by atoms with van der Waals surface area (Å²) in [4.78, 5) is 28.4. The predicted molar refractivity (Wildman–Crippen MR) is 97.0 cm³/mol. The Morgan fingerprint density at radius 2 is 1.92 bits per heavy atom.